The van der Waals surface area contributed by atoms with Crippen LogP contribution in [0.3, 0.4) is 0 Å². The van der Waals surface area contributed by atoms with Gasteiger partial charge in [-0.25, -0.2) is 0 Å². The van der Waals surface area contributed by atoms with Gasteiger partial charge in [0.1, 0.15) is 18.0 Å². The molecule has 8 heteroatoms. The lowest BCUT2D eigenvalue weighted by molar-refractivity contribution is -0.147. The number of aliphatic carboxylic acids is 1. The number of hydrogen-bond acceptors (Lipinski definition) is 6. The first-order valence-electron chi connectivity index (χ1n) is 12.1. The normalized spacial score (nSPS) is 20.1. The van der Waals surface area contributed by atoms with Crippen molar-refractivity contribution in [2.24, 2.45) is 5.92 Å². The summed E-state index contributed by atoms with van der Waals surface area (Å²) in [6.45, 7) is 3.76. The number of methoxy groups -OCH3 is 1. The Bertz CT molecular complexity index is 978. The molecule has 0 spiro atoms. The van der Waals surface area contributed by atoms with Gasteiger partial charge in [0.15, 0.2) is 0 Å². The number of para-hydroxylation sites is 2. The van der Waals surface area contributed by atoms with Crippen LogP contribution in [0.5, 0.6) is 11.5 Å². The van der Waals surface area contributed by atoms with Crippen LogP contribution in [0.1, 0.15) is 45.1 Å². The molecule has 0 unspecified atom stereocenters. The maximum atomic E-state index is 13.4. The monoisotopic (exact) mass is 484 g/mol. The van der Waals surface area contributed by atoms with Gasteiger partial charge in [-0.2, -0.15) is 0 Å². The molecule has 1 amide bonds. The van der Waals surface area contributed by atoms with Gasteiger partial charge in [-0.1, -0.05) is 24.3 Å². The quantitative estimate of drug-likeness (QED) is 0.439. The number of carboxylic acid groups (broad SMARTS) is 1. The number of carboxylic acids is 1. The Hall–Kier alpha value is -3.26. The number of hydrogen-bond donors (Lipinski definition) is 3. The van der Waals surface area contributed by atoms with Crippen LogP contribution in [-0.2, 0) is 16.1 Å². The van der Waals surface area contributed by atoms with Crippen LogP contribution in [0.4, 0.5) is 5.69 Å². The predicted molar refractivity (Wildman–Crippen MR) is 134 cm³/mol. The standard InChI is InChI=1S/C27H36N2O6/c1-18(2)35-25-7-5-4-6-23(25)28-22-14-10-20(11-15-24(22)30)27(33)29(17-26(31)32)16-19-8-12-21(34-3)13-9-19/h4-9,12-13,18,20,22,24,28,30H,10-11,14-17H2,1-3H3,(H,31,32)/t20-,22+,24+/m1/s1. The smallest absolute Gasteiger partial charge is 0.323 e. The molecular formula is C27H36N2O6. The first-order valence-corrected chi connectivity index (χ1v) is 12.1. The van der Waals surface area contributed by atoms with E-state index in [2.05, 4.69) is 5.32 Å². The van der Waals surface area contributed by atoms with Crippen molar-refractivity contribution in [3.05, 3.63) is 54.1 Å². The molecule has 0 aliphatic heterocycles. The lowest BCUT2D eigenvalue weighted by Gasteiger charge is -2.26. The highest BCUT2D eigenvalue weighted by Crippen LogP contribution is 2.31. The maximum Gasteiger partial charge on any atom is 0.323 e. The van der Waals surface area contributed by atoms with E-state index in [1.54, 1.807) is 19.2 Å². The van der Waals surface area contributed by atoms with Gasteiger partial charge in [0.2, 0.25) is 5.91 Å². The van der Waals surface area contributed by atoms with Crippen molar-refractivity contribution in [2.45, 2.75) is 64.3 Å². The van der Waals surface area contributed by atoms with Crippen molar-refractivity contribution in [1.82, 2.24) is 4.90 Å². The Kier molecular flexibility index (Phi) is 9.37. The van der Waals surface area contributed by atoms with E-state index in [4.69, 9.17) is 9.47 Å². The highest BCUT2D eigenvalue weighted by atomic mass is 16.5. The van der Waals surface area contributed by atoms with E-state index in [1.807, 2.05) is 50.2 Å². The lowest BCUT2D eigenvalue weighted by Crippen LogP contribution is -2.39. The van der Waals surface area contributed by atoms with Gasteiger partial charge < -0.3 is 29.9 Å². The summed E-state index contributed by atoms with van der Waals surface area (Å²) in [6, 6.07) is 14.6. The van der Waals surface area contributed by atoms with Crippen LogP contribution < -0.4 is 14.8 Å². The molecule has 8 nitrogen and oxygen atoms in total. The molecule has 3 rings (SSSR count). The number of aliphatic hydroxyl groups excluding tert-OH is 1. The number of nitrogens with one attached hydrogen (secondary N) is 1. The zero-order chi connectivity index (χ0) is 25.4. The van der Waals surface area contributed by atoms with Gasteiger partial charge in [0, 0.05) is 12.5 Å². The van der Waals surface area contributed by atoms with Crippen molar-refractivity contribution >= 4 is 17.6 Å². The zero-order valence-electron chi connectivity index (χ0n) is 20.6. The SMILES string of the molecule is COc1ccc(CN(CC(=O)O)C(=O)[C@@H]2CC[C@H](Nc3ccccc3OC(C)C)[C@@H](O)CC2)cc1. The molecule has 0 heterocycles. The van der Waals surface area contributed by atoms with Crippen LogP contribution in [0.25, 0.3) is 0 Å². The predicted octanol–water partition coefficient (Wildman–Crippen LogP) is 3.93. The molecule has 1 aliphatic carbocycles. The van der Waals surface area contributed by atoms with E-state index in [1.165, 1.54) is 4.90 Å². The van der Waals surface area contributed by atoms with E-state index < -0.39 is 12.1 Å². The van der Waals surface area contributed by atoms with Gasteiger partial charge in [0.25, 0.3) is 0 Å². The number of aliphatic hydroxyl groups is 1. The first-order chi connectivity index (χ1) is 16.8. The molecule has 0 aromatic heterocycles. The fourth-order valence-electron chi connectivity index (χ4n) is 4.43. The molecule has 35 heavy (non-hydrogen) atoms. The van der Waals surface area contributed by atoms with Crippen molar-refractivity contribution in [3.63, 3.8) is 0 Å². The van der Waals surface area contributed by atoms with Gasteiger partial charge in [-0.05, 0) is 69.4 Å². The fraction of sp³-hybridized carbons (Fsp3) is 0.481. The Morgan fingerprint density at radius 3 is 2.40 bits per heavy atom. The summed E-state index contributed by atoms with van der Waals surface area (Å²) < 4.78 is 11.1. The van der Waals surface area contributed by atoms with Crippen molar-refractivity contribution in [1.29, 1.82) is 0 Å². The molecule has 1 fully saturated rings. The van der Waals surface area contributed by atoms with Crippen LogP contribution in [-0.4, -0.2) is 58.9 Å². The maximum absolute atomic E-state index is 13.4. The zero-order valence-corrected chi connectivity index (χ0v) is 20.6. The van der Waals surface area contributed by atoms with Gasteiger partial charge >= 0.3 is 5.97 Å². The second-order valence-corrected chi connectivity index (χ2v) is 9.27. The van der Waals surface area contributed by atoms with Crippen LogP contribution in [0.2, 0.25) is 0 Å². The minimum Gasteiger partial charge on any atom is -0.497 e. The molecule has 0 radical (unpaired) electrons. The number of carbonyl (C=O) groups excluding carboxylic acids is 1. The van der Waals surface area contributed by atoms with Gasteiger partial charge in [-0.15, -0.1) is 0 Å². The number of carbonyl (C=O) groups is 2. The van der Waals surface area contributed by atoms with Crippen LogP contribution in [0, 0.1) is 5.92 Å². The third kappa shape index (κ3) is 7.62. The van der Waals surface area contributed by atoms with E-state index in [9.17, 15) is 19.8 Å². The van der Waals surface area contributed by atoms with Crippen molar-refractivity contribution in [3.8, 4) is 11.5 Å². The summed E-state index contributed by atoms with van der Waals surface area (Å²) in [5.41, 5.74) is 1.64. The number of rotatable bonds is 10. The van der Waals surface area contributed by atoms with Crippen LogP contribution >= 0.6 is 0 Å². The number of amides is 1. The summed E-state index contributed by atoms with van der Waals surface area (Å²) in [6.07, 6.45) is 1.47. The Balaban J connectivity index is 1.68. The Morgan fingerprint density at radius 2 is 1.74 bits per heavy atom. The number of nitrogens with zero attached hydrogens (tertiary/aromatic N) is 1. The summed E-state index contributed by atoms with van der Waals surface area (Å²) in [5.74, 6) is -0.183. The number of benzene rings is 2. The molecule has 1 aliphatic rings. The minimum absolute atomic E-state index is 0.0185. The average Bonchev–Trinajstić information content (AvgIpc) is 3.01. The van der Waals surface area contributed by atoms with E-state index in [-0.39, 0.29) is 37.1 Å². The second kappa shape index (κ2) is 12.4. The van der Waals surface area contributed by atoms with E-state index in [0.717, 1.165) is 17.0 Å². The van der Waals surface area contributed by atoms with E-state index >= 15 is 0 Å². The number of anilines is 1. The molecule has 3 N–H and O–H groups in total. The number of ether oxygens (including phenoxy) is 2. The topological polar surface area (TPSA) is 108 Å². The minimum atomic E-state index is -1.05. The molecule has 3 atom stereocenters. The van der Waals surface area contributed by atoms with Gasteiger partial charge in [-0.3, -0.25) is 9.59 Å². The first kappa shape index (κ1) is 26.3. The summed E-state index contributed by atoms with van der Waals surface area (Å²) in [4.78, 5) is 26.3. The second-order valence-electron chi connectivity index (χ2n) is 9.27. The van der Waals surface area contributed by atoms with Crippen molar-refractivity contribution < 1.29 is 29.3 Å². The summed E-state index contributed by atoms with van der Waals surface area (Å²) in [7, 11) is 1.58. The third-order valence-corrected chi connectivity index (χ3v) is 6.21. The summed E-state index contributed by atoms with van der Waals surface area (Å²) in [5, 5.41) is 23.6. The molecule has 0 saturated heterocycles. The highest BCUT2D eigenvalue weighted by molar-refractivity contribution is 5.83. The molecule has 2 aromatic rings. The fourth-order valence-corrected chi connectivity index (χ4v) is 4.43. The third-order valence-electron chi connectivity index (χ3n) is 6.21. The summed E-state index contributed by atoms with van der Waals surface area (Å²) >= 11 is 0. The lowest BCUT2D eigenvalue weighted by atomic mass is 9.98. The Labute approximate surface area is 206 Å². The average molecular weight is 485 g/mol. The molecule has 1 saturated carbocycles. The molecule has 190 valence electrons. The van der Waals surface area contributed by atoms with E-state index in [0.29, 0.717) is 31.4 Å². The molecule has 2 aromatic carbocycles. The van der Waals surface area contributed by atoms with Crippen molar-refractivity contribution in [2.75, 3.05) is 19.0 Å². The Morgan fingerprint density at radius 1 is 1.06 bits per heavy atom. The largest absolute Gasteiger partial charge is 0.497 e. The molecule has 0 bridgehead atoms. The highest BCUT2D eigenvalue weighted by Gasteiger charge is 2.32. The van der Waals surface area contributed by atoms with Crippen LogP contribution in [0.15, 0.2) is 48.5 Å². The molecular weight excluding hydrogens is 448 g/mol. The van der Waals surface area contributed by atoms with Gasteiger partial charge in [0.05, 0.1) is 31.0 Å².